The van der Waals surface area contributed by atoms with Crippen LogP contribution >= 0.6 is 11.3 Å². The third-order valence-corrected chi connectivity index (χ3v) is 3.62. The molecule has 0 aromatic carbocycles. The minimum absolute atomic E-state index is 0.149. The molecule has 3 nitrogen and oxygen atoms in total. The van der Waals surface area contributed by atoms with Gasteiger partial charge in [0.1, 0.15) is 0 Å². The number of amides is 1. The van der Waals surface area contributed by atoms with Crippen molar-refractivity contribution < 1.29 is 4.79 Å². The molecule has 0 spiro atoms. The lowest BCUT2D eigenvalue weighted by Crippen LogP contribution is -2.29. The van der Waals surface area contributed by atoms with Crippen molar-refractivity contribution in [3.63, 3.8) is 0 Å². The van der Waals surface area contributed by atoms with Gasteiger partial charge in [-0.25, -0.2) is 0 Å². The molecule has 2 rings (SSSR count). The van der Waals surface area contributed by atoms with E-state index in [1.54, 1.807) is 11.3 Å². The van der Waals surface area contributed by atoms with E-state index in [2.05, 4.69) is 28.2 Å². The summed E-state index contributed by atoms with van der Waals surface area (Å²) in [6, 6.07) is 2.08. The van der Waals surface area contributed by atoms with Crippen LogP contribution in [0.4, 0.5) is 0 Å². The van der Waals surface area contributed by atoms with E-state index in [1.807, 2.05) is 5.38 Å². The molecule has 1 aliphatic rings. The summed E-state index contributed by atoms with van der Waals surface area (Å²) in [4.78, 5) is 11.6. The van der Waals surface area contributed by atoms with Crippen molar-refractivity contribution in [1.29, 1.82) is 0 Å². The molecule has 0 aliphatic carbocycles. The van der Waals surface area contributed by atoms with Gasteiger partial charge in [-0.2, -0.15) is 11.3 Å². The molecule has 92 valence electrons. The Morgan fingerprint density at radius 1 is 1.53 bits per heavy atom. The minimum Gasteiger partial charge on any atom is -0.352 e. The van der Waals surface area contributed by atoms with Gasteiger partial charge in [-0.1, -0.05) is 11.6 Å². The highest BCUT2D eigenvalue weighted by atomic mass is 32.1. The van der Waals surface area contributed by atoms with Gasteiger partial charge in [-0.05, 0) is 41.8 Å². The first-order valence-corrected chi connectivity index (χ1v) is 6.95. The molecule has 0 saturated heterocycles. The average Bonchev–Trinajstić information content (AvgIpc) is 2.88. The first-order chi connectivity index (χ1) is 8.34. The summed E-state index contributed by atoms with van der Waals surface area (Å²) in [6.07, 6.45) is 4.64. The lowest BCUT2D eigenvalue weighted by Gasteiger charge is -2.14. The van der Waals surface area contributed by atoms with Gasteiger partial charge in [0.25, 0.3) is 0 Å². The Bertz CT molecular complexity index is 384. The van der Waals surface area contributed by atoms with Crippen molar-refractivity contribution in [1.82, 2.24) is 10.6 Å². The van der Waals surface area contributed by atoms with Gasteiger partial charge in [0.2, 0.25) is 5.91 Å². The molecule has 1 aromatic rings. The van der Waals surface area contributed by atoms with Gasteiger partial charge in [0.05, 0.1) is 0 Å². The standard InChI is InChI=1S/C13H18N2OS/c16-13(2-1-12-5-8-17-10-12)15-9-11-3-6-14-7-4-11/h3,5,8,10,14H,1-2,4,6-7,9H2,(H,15,16). The van der Waals surface area contributed by atoms with Crippen molar-refractivity contribution in [2.45, 2.75) is 19.3 Å². The largest absolute Gasteiger partial charge is 0.352 e. The van der Waals surface area contributed by atoms with Crippen LogP contribution in [0.15, 0.2) is 28.5 Å². The second-order valence-electron chi connectivity index (χ2n) is 4.22. The first kappa shape index (κ1) is 12.3. The summed E-state index contributed by atoms with van der Waals surface area (Å²) < 4.78 is 0. The summed E-state index contributed by atoms with van der Waals surface area (Å²) in [5, 5.41) is 10.4. The highest BCUT2D eigenvalue weighted by Crippen LogP contribution is 2.08. The van der Waals surface area contributed by atoms with Crippen molar-refractivity contribution >= 4 is 17.2 Å². The van der Waals surface area contributed by atoms with Crippen LogP contribution in [0.25, 0.3) is 0 Å². The Hall–Kier alpha value is -1.13. The summed E-state index contributed by atoms with van der Waals surface area (Å²) in [5.74, 6) is 0.149. The number of hydrogen-bond acceptors (Lipinski definition) is 3. The summed E-state index contributed by atoms with van der Waals surface area (Å²) in [7, 11) is 0. The van der Waals surface area contributed by atoms with Crippen LogP contribution in [-0.4, -0.2) is 25.5 Å². The van der Waals surface area contributed by atoms with E-state index in [4.69, 9.17) is 0 Å². The Kier molecular flexibility index (Phi) is 4.76. The number of carbonyl (C=O) groups is 1. The third-order valence-electron chi connectivity index (χ3n) is 2.89. The predicted molar refractivity (Wildman–Crippen MR) is 71.2 cm³/mol. The van der Waals surface area contributed by atoms with Gasteiger partial charge >= 0.3 is 0 Å². The molecule has 0 unspecified atom stereocenters. The summed E-state index contributed by atoms with van der Waals surface area (Å²) >= 11 is 1.68. The molecule has 1 amide bonds. The fourth-order valence-electron chi connectivity index (χ4n) is 1.82. The molecule has 1 aliphatic heterocycles. The van der Waals surface area contributed by atoms with Gasteiger partial charge in [-0.3, -0.25) is 4.79 Å². The molecule has 0 radical (unpaired) electrons. The second-order valence-corrected chi connectivity index (χ2v) is 5.00. The van der Waals surface area contributed by atoms with Crippen LogP contribution in [0.1, 0.15) is 18.4 Å². The smallest absolute Gasteiger partial charge is 0.220 e. The zero-order valence-corrected chi connectivity index (χ0v) is 10.7. The molecule has 17 heavy (non-hydrogen) atoms. The lowest BCUT2D eigenvalue weighted by atomic mass is 10.1. The molecule has 0 fully saturated rings. The zero-order valence-electron chi connectivity index (χ0n) is 9.87. The van der Waals surface area contributed by atoms with Gasteiger partial charge in [-0.15, -0.1) is 0 Å². The van der Waals surface area contributed by atoms with Gasteiger partial charge < -0.3 is 10.6 Å². The molecular formula is C13H18N2OS. The van der Waals surface area contributed by atoms with E-state index < -0.39 is 0 Å². The Morgan fingerprint density at radius 3 is 3.18 bits per heavy atom. The molecule has 2 N–H and O–H groups in total. The monoisotopic (exact) mass is 250 g/mol. The third kappa shape index (κ3) is 4.32. The van der Waals surface area contributed by atoms with E-state index in [1.165, 1.54) is 11.1 Å². The topological polar surface area (TPSA) is 41.1 Å². The number of nitrogens with one attached hydrogen (secondary N) is 2. The van der Waals surface area contributed by atoms with Gasteiger partial charge in [0.15, 0.2) is 0 Å². The van der Waals surface area contributed by atoms with Crippen LogP contribution < -0.4 is 10.6 Å². The molecule has 4 heteroatoms. The average molecular weight is 250 g/mol. The SMILES string of the molecule is O=C(CCc1ccsc1)NCC1=CCNCC1. The molecule has 2 heterocycles. The maximum atomic E-state index is 11.6. The second kappa shape index (κ2) is 6.57. The van der Waals surface area contributed by atoms with E-state index in [0.717, 1.165) is 25.9 Å². The Morgan fingerprint density at radius 2 is 2.47 bits per heavy atom. The zero-order chi connectivity index (χ0) is 11.9. The molecule has 0 bridgehead atoms. The Labute approximate surface area is 106 Å². The molecule has 0 saturated carbocycles. The quantitative estimate of drug-likeness (QED) is 0.781. The summed E-state index contributed by atoms with van der Waals surface area (Å²) in [6.45, 7) is 2.67. The maximum Gasteiger partial charge on any atom is 0.220 e. The van der Waals surface area contributed by atoms with Crippen LogP contribution in [0.5, 0.6) is 0 Å². The van der Waals surface area contributed by atoms with E-state index in [0.29, 0.717) is 13.0 Å². The first-order valence-electron chi connectivity index (χ1n) is 6.01. The molecule has 1 aromatic heterocycles. The number of rotatable bonds is 5. The predicted octanol–water partition coefficient (Wildman–Crippen LogP) is 1.72. The number of thiophene rings is 1. The Balaban J connectivity index is 1.65. The minimum atomic E-state index is 0.149. The van der Waals surface area contributed by atoms with E-state index in [-0.39, 0.29) is 5.91 Å². The normalized spacial score (nSPS) is 15.4. The number of carbonyl (C=O) groups excluding carboxylic acids is 1. The number of hydrogen-bond donors (Lipinski definition) is 2. The lowest BCUT2D eigenvalue weighted by molar-refractivity contribution is -0.120. The summed E-state index contributed by atoms with van der Waals surface area (Å²) in [5.41, 5.74) is 2.60. The molecule has 0 atom stereocenters. The van der Waals surface area contributed by atoms with Crippen molar-refractivity contribution in [2.75, 3.05) is 19.6 Å². The maximum absolute atomic E-state index is 11.6. The fourth-order valence-corrected chi connectivity index (χ4v) is 2.53. The fraction of sp³-hybridized carbons (Fsp3) is 0.462. The number of aryl methyl sites for hydroxylation is 1. The van der Waals surface area contributed by atoms with Crippen molar-refractivity contribution in [2.24, 2.45) is 0 Å². The van der Waals surface area contributed by atoms with Crippen LogP contribution in [0.2, 0.25) is 0 Å². The van der Waals surface area contributed by atoms with Crippen LogP contribution in [-0.2, 0) is 11.2 Å². The molecular weight excluding hydrogens is 232 g/mol. The van der Waals surface area contributed by atoms with E-state index in [9.17, 15) is 4.79 Å². The van der Waals surface area contributed by atoms with Crippen LogP contribution in [0.3, 0.4) is 0 Å². The van der Waals surface area contributed by atoms with E-state index >= 15 is 0 Å². The highest BCUT2D eigenvalue weighted by molar-refractivity contribution is 7.07. The van der Waals surface area contributed by atoms with Gasteiger partial charge in [0, 0.05) is 19.5 Å². The van der Waals surface area contributed by atoms with Crippen molar-refractivity contribution in [3.8, 4) is 0 Å². The van der Waals surface area contributed by atoms with Crippen LogP contribution in [0, 0.1) is 0 Å². The highest BCUT2D eigenvalue weighted by Gasteiger charge is 2.06. The van der Waals surface area contributed by atoms with Crippen molar-refractivity contribution in [3.05, 3.63) is 34.0 Å².